The van der Waals surface area contributed by atoms with Crippen molar-refractivity contribution < 1.29 is 14.2 Å². The Morgan fingerprint density at radius 2 is 1.76 bits per heavy atom. The van der Waals surface area contributed by atoms with Crippen LogP contribution < -0.4 is 15.4 Å². The number of nitrogens with one attached hydrogen (secondary N) is 2. The smallest absolute Gasteiger partial charge is 0.191 e. The Balaban J connectivity index is 1.61. The summed E-state index contributed by atoms with van der Waals surface area (Å²) < 4.78 is 16.3. The molecule has 0 bridgehead atoms. The highest BCUT2D eigenvalue weighted by atomic mass is 16.5. The molecule has 6 heteroatoms. The molecule has 29 heavy (non-hydrogen) atoms. The summed E-state index contributed by atoms with van der Waals surface area (Å²) in [7, 11) is 1.68. The predicted molar refractivity (Wildman–Crippen MR) is 120 cm³/mol. The Hall–Kier alpha value is -2.31. The first kappa shape index (κ1) is 23.0. The van der Waals surface area contributed by atoms with Crippen molar-refractivity contribution in [2.24, 2.45) is 4.99 Å². The van der Waals surface area contributed by atoms with Crippen LogP contribution in [0.25, 0.3) is 10.8 Å². The van der Waals surface area contributed by atoms with Crippen LogP contribution >= 0.6 is 0 Å². The normalized spacial score (nSPS) is 11.6. The second-order valence-electron chi connectivity index (χ2n) is 6.71. The zero-order chi connectivity index (χ0) is 20.6. The van der Waals surface area contributed by atoms with Crippen LogP contribution in [0.4, 0.5) is 0 Å². The number of aliphatic imine (C=N–C) groups is 1. The van der Waals surface area contributed by atoms with Gasteiger partial charge in [0.25, 0.3) is 0 Å². The van der Waals surface area contributed by atoms with Crippen molar-refractivity contribution in [3.05, 3.63) is 42.5 Å². The summed E-state index contributed by atoms with van der Waals surface area (Å²) in [6.45, 7) is 7.26. The van der Waals surface area contributed by atoms with Gasteiger partial charge in [-0.2, -0.15) is 0 Å². The first-order valence-electron chi connectivity index (χ1n) is 10.5. The van der Waals surface area contributed by atoms with Gasteiger partial charge < -0.3 is 24.8 Å². The van der Waals surface area contributed by atoms with E-state index >= 15 is 0 Å². The average Bonchev–Trinajstić information content (AvgIpc) is 2.75. The fourth-order valence-corrected chi connectivity index (χ4v) is 2.82. The molecule has 0 fully saturated rings. The van der Waals surface area contributed by atoms with Crippen molar-refractivity contribution in [1.29, 1.82) is 0 Å². The highest BCUT2D eigenvalue weighted by molar-refractivity contribution is 5.83. The van der Waals surface area contributed by atoms with Gasteiger partial charge in [0.2, 0.25) is 0 Å². The lowest BCUT2D eigenvalue weighted by Gasteiger charge is -2.11. The maximum atomic E-state index is 5.88. The minimum Gasteiger partial charge on any atom is -0.494 e. The molecule has 160 valence electrons. The number of ether oxygens (including phenoxy) is 3. The highest BCUT2D eigenvalue weighted by Crippen LogP contribution is 2.20. The van der Waals surface area contributed by atoms with Gasteiger partial charge in [0, 0.05) is 39.8 Å². The van der Waals surface area contributed by atoms with Gasteiger partial charge in [0.05, 0.1) is 19.8 Å². The molecule has 0 atom stereocenters. The molecular weight excluding hydrogens is 366 g/mol. The van der Waals surface area contributed by atoms with Gasteiger partial charge in [-0.3, -0.25) is 4.99 Å². The third kappa shape index (κ3) is 9.63. The van der Waals surface area contributed by atoms with Crippen LogP contribution in [0.5, 0.6) is 5.75 Å². The van der Waals surface area contributed by atoms with E-state index in [0.717, 1.165) is 57.2 Å². The van der Waals surface area contributed by atoms with Crippen molar-refractivity contribution in [1.82, 2.24) is 10.6 Å². The molecule has 0 aromatic heterocycles. The van der Waals surface area contributed by atoms with Crippen molar-refractivity contribution in [2.75, 3.05) is 53.2 Å². The van der Waals surface area contributed by atoms with Crippen molar-refractivity contribution in [3.63, 3.8) is 0 Å². The van der Waals surface area contributed by atoms with E-state index in [1.807, 2.05) is 18.2 Å². The second-order valence-corrected chi connectivity index (χ2v) is 6.71. The lowest BCUT2D eigenvalue weighted by atomic mass is 10.1. The summed E-state index contributed by atoms with van der Waals surface area (Å²) in [5.41, 5.74) is 0. The monoisotopic (exact) mass is 401 g/mol. The summed E-state index contributed by atoms with van der Waals surface area (Å²) in [6.07, 6.45) is 2.94. The van der Waals surface area contributed by atoms with Gasteiger partial charge in [-0.05, 0) is 42.7 Å². The van der Waals surface area contributed by atoms with Gasteiger partial charge in [-0.15, -0.1) is 0 Å². The van der Waals surface area contributed by atoms with Crippen LogP contribution in [-0.4, -0.2) is 59.1 Å². The Kier molecular flexibility index (Phi) is 11.6. The van der Waals surface area contributed by atoms with E-state index in [1.54, 1.807) is 7.11 Å². The number of unbranched alkanes of at least 4 members (excludes halogenated alkanes) is 1. The average molecular weight is 402 g/mol. The molecule has 0 aliphatic rings. The minimum absolute atomic E-state index is 0.653. The molecule has 0 unspecified atom stereocenters. The summed E-state index contributed by atoms with van der Waals surface area (Å²) in [6, 6.07) is 14.5. The second kappa shape index (κ2) is 14.7. The summed E-state index contributed by atoms with van der Waals surface area (Å²) >= 11 is 0. The number of rotatable bonds is 14. The molecule has 0 amide bonds. The molecule has 0 aliphatic carbocycles. The van der Waals surface area contributed by atoms with Crippen LogP contribution in [-0.2, 0) is 9.47 Å². The number of benzene rings is 2. The summed E-state index contributed by atoms with van der Waals surface area (Å²) in [5, 5.41) is 9.08. The van der Waals surface area contributed by atoms with Gasteiger partial charge in [0.1, 0.15) is 5.75 Å². The van der Waals surface area contributed by atoms with E-state index < -0.39 is 0 Å². The van der Waals surface area contributed by atoms with Gasteiger partial charge in [-0.25, -0.2) is 0 Å². The number of methoxy groups -OCH3 is 1. The molecule has 6 nitrogen and oxygen atoms in total. The minimum atomic E-state index is 0.653. The van der Waals surface area contributed by atoms with Gasteiger partial charge >= 0.3 is 0 Å². The first-order chi connectivity index (χ1) is 14.3. The Morgan fingerprint density at radius 1 is 0.897 bits per heavy atom. The van der Waals surface area contributed by atoms with E-state index in [9.17, 15) is 0 Å². The third-order valence-corrected chi connectivity index (χ3v) is 4.35. The molecule has 0 radical (unpaired) electrons. The first-order valence-corrected chi connectivity index (χ1v) is 10.5. The fourth-order valence-electron chi connectivity index (χ4n) is 2.82. The van der Waals surface area contributed by atoms with Crippen LogP contribution in [0, 0.1) is 0 Å². The molecule has 2 aromatic rings. The van der Waals surface area contributed by atoms with Crippen LogP contribution in [0.15, 0.2) is 47.5 Å². The zero-order valence-corrected chi connectivity index (χ0v) is 17.8. The van der Waals surface area contributed by atoms with E-state index in [0.29, 0.717) is 19.8 Å². The van der Waals surface area contributed by atoms with Gasteiger partial charge in [0.15, 0.2) is 5.96 Å². The van der Waals surface area contributed by atoms with Crippen molar-refractivity contribution in [2.45, 2.75) is 26.2 Å². The zero-order valence-electron chi connectivity index (χ0n) is 17.8. The van der Waals surface area contributed by atoms with E-state index in [1.165, 1.54) is 10.8 Å². The number of nitrogens with zero attached hydrogens (tertiary/aromatic N) is 1. The molecule has 2 N–H and O–H groups in total. The van der Waals surface area contributed by atoms with E-state index in [4.69, 9.17) is 14.2 Å². The van der Waals surface area contributed by atoms with Crippen molar-refractivity contribution >= 4 is 16.7 Å². The lowest BCUT2D eigenvalue weighted by Crippen LogP contribution is -2.38. The molecular formula is C23H35N3O3. The molecule has 0 aliphatic heterocycles. The van der Waals surface area contributed by atoms with E-state index in [2.05, 4.69) is 46.8 Å². The number of hydrogen-bond acceptors (Lipinski definition) is 4. The van der Waals surface area contributed by atoms with Crippen molar-refractivity contribution in [3.8, 4) is 5.75 Å². The molecule has 0 saturated carbocycles. The molecule has 0 spiro atoms. The quantitative estimate of drug-likeness (QED) is 0.288. The Labute approximate surface area is 174 Å². The Morgan fingerprint density at radius 3 is 2.59 bits per heavy atom. The number of fused-ring (bicyclic) bond motifs is 1. The van der Waals surface area contributed by atoms with Crippen LogP contribution in [0.2, 0.25) is 0 Å². The molecule has 2 rings (SSSR count). The third-order valence-electron chi connectivity index (χ3n) is 4.35. The molecule has 0 saturated heterocycles. The lowest BCUT2D eigenvalue weighted by molar-refractivity contribution is 0.0689. The SMILES string of the molecule is CCNC(=NCCCOc1ccc2ccccc2c1)NCCCCOCCOC. The van der Waals surface area contributed by atoms with Crippen LogP contribution in [0.3, 0.4) is 0 Å². The molecule has 0 heterocycles. The maximum Gasteiger partial charge on any atom is 0.191 e. The number of guanidine groups is 1. The maximum absolute atomic E-state index is 5.88. The van der Waals surface area contributed by atoms with Crippen LogP contribution in [0.1, 0.15) is 26.2 Å². The fraction of sp³-hybridized carbons (Fsp3) is 0.522. The summed E-state index contributed by atoms with van der Waals surface area (Å²) in [4.78, 5) is 4.62. The standard InChI is InChI=1S/C23H35N3O3/c1-3-24-23(25-13-6-7-15-28-18-17-27-2)26-14-8-16-29-22-12-11-20-9-4-5-10-21(20)19-22/h4-5,9-12,19H,3,6-8,13-18H2,1-2H3,(H2,24,25,26). The van der Waals surface area contributed by atoms with E-state index in [-0.39, 0.29) is 0 Å². The predicted octanol–water partition coefficient (Wildman–Crippen LogP) is 3.61. The topological polar surface area (TPSA) is 64.1 Å². The van der Waals surface area contributed by atoms with Gasteiger partial charge in [-0.1, -0.05) is 30.3 Å². The molecule has 2 aromatic carbocycles. The Bertz CT molecular complexity index is 721. The number of hydrogen-bond donors (Lipinski definition) is 2. The highest BCUT2D eigenvalue weighted by Gasteiger charge is 1.99. The summed E-state index contributed by atoms with van der Waals surface area (Å²) in [5.74, 6) is 1.77. The largest absolute Gasteiger partial charge is 0.494 e.